The zero-order chi connectivity index (χ0) is 12.7. The summed E-state index contributed by atoms with van der Waals surface area (Å²) >= 11 is 0. The van der Waals surface area contributed by atoms with Gasteiger partial charge >= 0.3 is 5.97 Å². The fourth-order valence-corrected chi connectivity index (χ4v) is 1.21. The summed E-state index contributed by atoms with van der Waals surface area (Å²) in [7, 11) is 1.54. The Morgan fingerprint density at radius 3 is 2.88 bits per heavy atom. The average molecular weight is 242 g/mol. The molecule has 0 spiro atoms. The van der Waals surface area contributed by atoms with Crippen LogP contribution in [-0.2, 0) is 20.9 Å². The van der Waals surface area contributed by atoms with Crippen LogP contribution in [-0.4, -0.2) is 26.0 Å². The topological polar surface area (TPSA) is 44.8 Å². The van der Waals surface area contributed by atoms with Gasteiger partial charge in [0.05, 0.1) is 20.3 Å². The van der Waals surface area contributed by atoms with E-state index < -0.39 is 12.3 Å². The van der Waals surface area contributed by atoms with Crippen LogP contribution in [0.1, 0.15) is 12.5 Å². The molecule has 0 saturated heterocycles. The van der Waals surface area contributed by atoms with Crippen LogP contribution in [0.3, 0.4) is 0 Å². The molecule has 17 heavy (non-hydrogen) atoms. The molecule has 0 aromatic heterocycles. The summed E-state index contributed by atoms with van der Waals surface area (Å²) in [5, 5.41) is 0. The van der Waals surface area contributed by atoms with E-state index in [1.165, 1.54) is 7.11 Å². The summed E-state index contributed by atoms with van der Waals surface area (Å²) < 4.78 is 27.3. The summed E-state index contributed by atoms with van der Waals surface area (Å²) in [5.41, 5.74) is 0.719. The molecule has 1 atom stereocenters. The molecule has 0 amide bonds. The zero-order valence-electron chi connectivity index (χ0n) is 9.81. The third kappa shape index (κ3) is 4.40. The summed E-state index contributed by atoms with van der Waals surface area (Å²) in [6.45, 7) is 1.71. The molecule has 0 aliphatic heterocycles. The Kier molecular flexibility index (Phi) is 5.42. The minimum Gasteiger partial charge on any atom is -0.497 e. The SMILES string of the molecule is CCOC(=O)C(F)OCc1cccc(OC)c1. The normalized spacial score (nSPS) is 11.9. The second-order valence-corrected chi connectivity index (χ2v) is 3.23. The van der Waals surface area contributed by atoms with E-state index in [2.05, 4.69) is 4.74 Å². The van der Waals surface area contributed by atoms with E-state index in [1.54, 1.807) is 31.2 Å². The van der Waals surface area contributed by atoms with Crippen LogP contribution in [0.2, 0.25) is 0 Å². The van der Waals surface area contributed by atoms with Gasteiger partial charge in [-0.15, -0.1) is 0 Å². The molecule has 0 bridgehead atoms. The second kappa shape index (κ2) is 6.85. The van der Waals surface area contributed by atoms with Gasteiger partial charge in [0.2, 0.25) is 0 Å². The number of rotatable bonds is 6. The summed E-state index contributed by atoms with van der Waals surface area (Å²) in [6, 6.07) is 6.98. The molecule has 5 heteroatoms. The van der Waals surface area contributed by atoms with Gasteiger partial charge in [-0.2, -0.15) is 0 Å². The van der Waals surface area contributed by atoms with Crippen molar-refractivity contribution in [2.75, 3.05) is 13.7 Å². The quantitative estimate of drug-likeness (QED) is 0.716. The van der Waals surface area contributed by atoms with Gasteiger partial charge in [0, 0.05) is 0 Å². The van der Waals surface area contributed by atoms with Crippen molar-refractivity contribution in [3.63, 3.8) is 0 Å². The third-order valence-electron chi connectivity index (χ3n) is 2.00. The van der Waals surface area contributed by atoms with Crippen LogP contribution in [0, 0.1) is 0 Å². The molecule has 4 nitrogen and oxygen atoms in total. The maximum Gasteiger partial charge on any atom is 0.368 e. The van der Waals surface area contributed by atoms with Crippen molar-refractivity contribution in [2.45, 2.75) is 19.9 Å². The smallest absolute Gasteiger partial charge is 0.368 e. The molecule has 1 aromatic rings. The molecular weight excluding hydrogens is 227 g/mol. The van der Waals surface area contributed by atoms with Crippen LogP contribution in [0.15, 0.2) is 24.3 Å². The number of carbonyl (C=O) groups excluding carboxylic acids is 1. The Morgan fingerprint density at radius 1 is 1.47 bits per heavy atom. The van der Waals surface area contributed by atoms with Crippen molar-refractivity contribution in [3.05, 3.63) is 29.8 Å². The molecule has 0 N–H and O–H groups in total. The standard InChI is InChI=1S/C12H15FO4/c1-3-16-12(14)11(13)17-8-9-5-4-6-10(7-9)15-2/h4-7,11H,3,8H2,1-2H3. The van der Waals surface area contributed by atoms with Gasteiger partial charge in [0.15, 0.2) is 0 Å². The van der Waals surface area contributed by atoms with Crippen molar-refractivity contribution >= 4 is 5.97 Å². The van der Waals surface area contributed by atoms with Crippen molar-refractivity contribution in [1.82, 2.24) is 0 Å². The third-order valence-corrected chi connectivity index (χ3v) is 2.00. The molecule has 0 fully saturated rings. The number of esters is 1. The van der Waals surface area contributed by atoms with Crippen molar-refractivity contribution in [3.8, 4) is 5.75 Å². The Morgan fingerprint density at radius 2 is 2.24 bits per heavy atom. The number of ether oxygens (including phenoxy) is 3. The number of halogens is 1. The highest BCUT2D eigenvalue weighted by atomic mass is 19.1. The fourth-order valence-electron chi connectivity index (χ4n) is 1.21. The first-order valence-corrected chi connectivity index (χ1v) is 5.22. The Bertz CT molecular complexity index is 367. The number of benzene rings is 1. The summed E-state index contributed by atoms with van der Waals surface area (Å²) in [4.78, 5) is 10.9. The Balaban J connectivity index is 2.46. The van der Waals surface area contributed by atoms with Crippen LogP contribution in [0.4, 0.5) is 4.39 Å². The highest BCUT2D eigenvalue weighted by Crippen LogP contribution is 2.14. The number of methoxy groups -OCH3 is 1. The van der Waals surface area contributed by atoms with Gasteiger partial charge < -0.3 is 14.2 Å². The first kappa shape index (κ1) is 13.4. The number of hydrogen-bond acceptors (Lipinski definition) is 4. The van der Waals surface area contributed by atoms with Gasteiger partial charge in [-0.25, -0.2) is 9.18 Å². The van der Waals surface area contributed by atoms with Gasteiger partial charge in [-0.05, 0) is 24.6 Å². The molecule has 0 saturated carbocycles. The van der Waals surface area contributed by atoms with E-state index >= 15 is 0 Å². The van der Waals surface area contributed by atoms with Crippen LogP contribution in [0.25, 0.3) is 0 Å². The lowest BCUT2D eigenvalue weighted by Gasteiger charge is -2.09. The average Bonchev–Trinajstić information content (AvgIpc) is 2.36. The molecule has 0 radical (unpaired) electrons. The molecule has 0 aliphatic carbocycles. The van der Waals surface area contributed by atoms with Crippen LogP contribution >= 0.6 is 0 Å². The molecule has 0 aliphatic rings. The van der Waals surface area contributed by atoms with Crippen molar-refractivity contribution in [1.29, 1.82) is 0 Å². The summed E-state index contributed by atoms with van der Waals surface area (Å²) in [5.74, 6) is -0.354. The predicted octanol–water partition coefficient (Wildman–Crippen LogP) is 2.07. The fraction of sp³-hybridized carbons (Fsp3) is 0.417. The van der Waals surface area contributed by atoms with Gasteiger partial charge in [-0.3, -0.25) is 0 Å². The van der Waals surface area contributed by atoms with E-state index in [0.717, 1.165) is 5.56 Å². The summed E-state index contributed by atoms with van der Waals surface area (Å²) in [6.07, 6.45) is -2.05. The van der Waals surface area contributed by atoms with Gasteiger partial charge in [0.25, 0.3) is 6.36 Å². The molecule has 0 heterocycles. The first-order valence-electron chi connectivity index (χ1n) is 5.22. The minimum atomic E-state index is -2.05. The van der Waals surface area contributed by atoms with E-state index in [-0.39, 0.29) is 13.2 Å². The van der Waals surface area contributed by atoms with Crippen LogP contribution < -0.4 is 4.74 Å². The lowest BCUT2D eigenvalue weighted by molar-refractivity contribution is -0.170. The van der Waals surface area contributed by atoms with E-state index in [9.17, 15) is 9.18 Å². The maximum absolute atomic E-state index is 13.1. The predicted molar refractivity (Wildman–Crippen MR) is 59.3 cm³/mol. The maximum atomic E-state index is 13.1. The van der Waals surface area contributed by atoms with Crippen LogP contribution in [0.5, 0.6) is 5.75 Å². The number of alkyl halides is 1. The van der Waals surface area contributed by atoms with Gasteiger partial charge in [0.1, 0.15) is 5.75 Å². The molecule has 1 rings (SSSR count). The lowest BCUT2D eigenvalue weighted by Crippen LogP contribution is -2.21. The molecule has 1 aromatic carbocycles. The molecule has 94 valence electrons. The largest absolute Gasteiger partial charge is 0.497 e. The lowest BCUT2D eigenvalue weighted by atomic mass is 10.2. The number of carbonyl (C=O) groups is 1. The molecular formula is C12H15FO4. The molecule has 1 unspecified atom stereocenters. The second-order valence-electron chi connectivity index (χ2n) is 3.23. The Hall–Kier alpha value is -1.62. The minimum absolute atomic E-state index is 0.0167. The zero-order valence-corrected chi connectivity index (χ0v) is 9.81. The highest BCUT2D eigenvalue weighted by Gasteiger charge is 2.18. The van der Waals surface area contributed by atoms with Crippen molar-refractivity contribution < 1.29 is 23.4 Å². The number of hydrogen-bond donors (Lipinski definition) is 0. The Labute approximate surface area is 99.3 Å². The van der Waals surface area contributed by atoms with Gasteiger partial charge in [-0.1, -0.05) is 12.1 Å². The van der Waals surface area contributed by atoms with E-state index in [0.29, 0.717) is 5.75 Å². The van der Waals surface area contributed by atoms with E-state index in [1.807, 2.05) is 0 Å². The monoisotopic (exact) mass is 242 g/mol. The first-order chi connectivity index (χ1) is 8.17. The highest BCUT2D eigenvalue weighted by molar-refractivity contribution is 5.72. The van der Waals surface area contributed by atoms with E-state index in [4.69, 9.17) is 9.47 Å². The van der Waals surface area contributed by atoms with Crippen molar-refractivity contribution in [2.24, 2.45) is 0 Å².